The molecule has 0 aromatic heterocycles. The first-order chi connectivity index (χ1) is 14.4. The molecule has 30 heavy (non-hydrogen) atoms. The summed E-state index contributed by atoms with van der Waals surface area (Å²) in [4.78, 5) is 16.8. The van der Waals surface area contributed by atoms with Crippen molar-refractivity contribution in [2.24, 2.45) is 0 Å². The molecule has 1 unspecified atom stereocenters. The molecule has 1 atom stereocenters. The predicted octanol–water partition coefficient (Wildman–Crippen LogP) is 3.10. The maximum atomic E-state index is 12.7. The Hall–Kier alpha value is -1.31. The number of piperazine rings is 1. The molecule has 0 radical (unpaired) electrons. The van der Waals surface area contributed by atoms with Crippen LogP contribution < -0.4 is 4.74 Å². The van der Waals surface area contributed by atoms with E-state index in [-0.39, 0.29) is 30.1 Å². The second-order valence-electron chi connectivity index (χ2n) is 8.78. The van der Waals surface area contributed by atoms with Crippen LogP contribution in [0.15, 0.2) is 18.2 Å². The molecule has 3 aliphatic rings. The highest BCUT2D eigenvalue weighted by molar-refractivity contribution is 7.91. The topological polar surface area (TPSA) is 66.9 Å². The van der Waals surface area contributed by atoms with E-state index in [1.807, 2.05) is 23.1 Å². The Bertz CT molecular complexity index is 862. The molecule has 1 aromatic carbocycles. The van der Waals surface area contributed by atoms with Crippen LogP contribution in [0.4, 0.5) is 0 Å². The van der Waals surface area contributed by atoms with Crippen LogP contribution >= 0.6 is 11.6 Å². The highest BCUT2D eigenvalue weighted by Gasteiger charge is 2.34. The zero-order valence-electron chi connectivity index (χ0n) is 17.4. The summed E-state index contributed by atoms with van der Waals surface area (Å²) in [5, 5.41) is 0.708. The molecule has 2 saturated heterocycles. The summed E-state index contributed by atoms with van der Waals surface area (Å²) in [6.45, 7) is 2.71. The van der Waals surface area contributed by atoms with E-state index in [9.17, 15) is 13.2 Å². The summed E-state index contributed by atoms with van der Waals surface area (Å²) in [5.41, 5.74) is 1.13. The van der Waals surface area contributed by atoms with Crippen molar-refractivity contribution in [3.05, 3.63) is 28.8 Å². The standard InChI is InChI=1S/C22H31ClN2O4S/c23-18-6-7-21(20(14-18)17-4-2-1-3-5-17)29-15-22(26)25-11-9-24(10-12-25)19-8-13-30(27,28)16-19/h6-7,14,17,19H,1-5,8-13,15-16H2. The van der Waals surface area contributed by atoms with Gasteiger partial charge in [0.1, 0.15) is 5.75 Å². The van der Waals surface area contributed by atoms with Crippen molar-refractivity contribution in [3.8, 4) is 5.75 Å². The molecule has 166 valence electrons. The average Bonchev–Trinajstić information content (AvgIpc) is 3.13. The lowest BCUT2D eigenvalue weighted by Gasteiger charge is -2.37. The van der Waals surface area contributed by atoms with Gasteiger partial charge in [-0.2, -0.15) is 0 Å². The van der Waals surface area contributed by atoms with Gasteiger partial charge in [0.15, 0.2) is 16.4 Å². The number of sulfone groups is 1. The summed E-state index contributed by atoms with van der Waals surface area (Å²) in [6.07, 6.45) is 6.72. The summed E-state index contributed by atoms with van der Waals surface area (Å²) in [5.74, 6) is 1.75. The number of carbonyl (C=O) groups excluding carboxylic acids is 1. The third-order valence-electron chi connectivity index (χ3n) is 6.76. The van der Waals surface area contributed by atoms with Gasteiger partial charge >= 0.3 is 0 Å². The van der Waals surface area contributed by atoms with E-state index >= 15 is 0 Å². The fraction of sp³-hybridized carbons (Fsp3) is 0.682. The van der Waals surface area contributed by atoms with Gasteiger partial charge in [0, 0.05) is 37.2 Å². The van der Waals surface area contributed by atoms with Crippen LogP contribution in [-0.4, -0.2) is 74.5 Å². The molecule has 1 saturated carbocycles. The van der Waals surface area contributed by atoms with E-state index < -0.39 is 9.84 Å². The molecule has 3 fully saturated rings. The highest BCUT2D eigenvalue weighted by Crippen LogP contribution is 2.38. The summed E-state index contributed by atoms with van der Waals surface area (Å²) in [6, 6.07) is 5.81. The SMILES string of the molecule is O=C(COc1ccc(Cl)cc1C1CCCCC1)N1CCN(C2CCS(=O)(=O)C2)CC1. The van der Waals surface area contributed by atoms with Gasteiger partial charge in [-0.3, -0.25) is 9.69 Å². The number of amides is 1. The minimum absolute atomic E-state index is 0.0155. The molecule has 6 nitrogen and oxygen atoms in total. The zero-order chi connectivity index (χ0) is 21.1. The molecular weight excluding hydrogens is 424 g/mol. The molecule has 1 aliphatic carbocycles. The van der Waals surface area contributed by atoms with Crippen molar-refractivity contribution in [2.45, 2.75) is 50.5 Å². The smallest absolute Gasteiger partial charge is 0.260 e. The van der Waals surface area contributed by atoms with Crippen LogP contribution in [0.2, 0.25) is 5.02 Å². The maximum absolute atomic E-state index is 12.7. The van der Waals surface area contributed by atoms with E-state index in [1.165, 1.54) is 19.3 Å². The van der Waals surface area contributed by atoms with Gasteiger partial charge in [0.05, 0.1) is 11.5 Å². The Morgan fingerprint density at radius 2 is 1.80 bits per heavy atom. The molecule has 2 aliphatic heterocycles. The molecule has 2 heterocycles. The molecule has 0 bridgehead atoms. The molecule has 4 rings (SSSR count). The second kappa shape index (κ2) is 9.45. The largest absolute Gasteiger partial charge is 0.483 e. The van der Waals surface area contributed by atoms with Crippen LogP contribution in [0.3, 0.4) is 0 Å². The number of benzene rings is 1. The van der Waals surface area contributed by atoms with Crippen LogP contribution in [0.1, 0.15) is 50.0 Å². The fourth-order valence-corrected chi connectivity index (χ4v) is 6.96. The van der Waals surface area contributed by atoms with Crippen molar-refractivity contribution in [3.63, 3.8) is 0 Å². The third-order valence-corrected chi connectivity index (χ3v) is 8.75. The monoisotopic (exact) mass is 454 g/mol. The number of carbonyl (C=O) groups is 1. The summed E-state index contributed by atoms with van der Waals surface area (Å²) in [7, 11) is -2.88. The number of rotatable bonds is 5. The number of nitrogens with zero attached hydrogens (tertiary/aromatic N) is 2. The van der Waals surface area contributed by atoms with E-state index in [4.69, 9.17) is 16.3 Å². The van der Waals surface area contributed by atoms with Crippen molar-refractivity contribution in [2.75, 3.05) is 44.3 Å². The normalized spacial score (nSPS) is 25.4. The van der Waals surface area contributed by atoms with Crippen LogP contribution in [-0.2, 0) is 14.6 Å². The second-order valence-corrected chi connectivity index (χ2v) is 11.4. The Kier molecular flexibility index (Phi) is 6.90. The van der Waals surface area contributed by atoms with Crippen molar-refractivity contribution in [1.29, 1.82) is 0 Å². The van der Waals surface area contributed by atoms with Gasteiger partial charge in [0.25, 0.3) is 5.91 Å². The van der Waals surface area contributed by atoms with E-state index in [2.05, 4.69) is 4.90 Å². The quantitative estimate of drug-likeness (QED) is 0.683. The van der Waals surface area contributed by atoms with E-state index in [1.54, 1.807) is 0 Å². The van der Waals surface area contributed by atoms with Gasteiger partial charge in [-0.05, 0) is 48.9 Å². The molecule has 1 amide bonds. The van der Waals surface area contributed by atoms with Gasteiger partial charge < -0.3 is 9.64 Å². The Balaban J connectivity index is 1.30. The molecule has 0 N–H and O–H groups in total. The summed E-state index contributed by atoms with van der Waals surface area (Å²) < 4.78 is 29.4. The third kappa shape index (κ3) is 5.29. The van der Waals surface area contributed by atoms with Crippen molar-refractivity contribution < 1.29 is 17.9 Å². The van der Waals surface area contributed by atoms with Crippen molar-refractivity contribution in [1.82, 2.24) is 9.80 Å². The van der Waals surface area contributed by atoms with Gasteiger partial charge in [0.2, 0.25) is 0 Å². The molecular formula is C22H31ClN2O4S. The van der Waals surface area contributed by atoms with E-state index in [0.717, 1.165) is 37.2 Å². The molecule has 0 spiro atoms. The van der Waals surface area contributed by atoms with Gasteiger partial charge in [-0.1, -0.05) is 30.9 Å². The lowest BCUT2D eigenvalue weighted by atomic mass is 9.84. The Morgan fingerprint density at radius 1 is 1.07 bits per heavy atom. The average molecular weight is 455 g/mol. The number of ether oxygens (including phenoxy) is 1. The number of halogens is 1. The molecule has 1 aromatic rings. The maximum Gasteiger partial charge on any atom is 0.260 e. The zero-order valence-corrected chi connectivity index (χ0v) is 19.0. The lowest BCUT2D eigenvalue weighted by Crippen LogP contribution is -2.53. The minimum Gasteiger partial charge on any atom is -0.483 e. The van der Waals surface area contributed by atoms with Gasteiger partial charge in [-0.15, -0.1) is 0 Å². The van der Waals surface area contributed by atoms with E-state index in [0.29, 0.717) is 30.5 Å². The first-order valence-electron chi connectivity index (χ1n) is 11.1. The van der Waals surface area contributed by atoms with Crippen LogP contribution in [0, 0.1) is 0 Å². The lowest BCUT2D eigenvalue weighted by molar-refractivity contribution is -0.135. The number of hydrogen-bond acceptors (Lipinski definition) is 5. The van der Waals surface area contributed by atoms with Crippen LogP contribution in [0.25, 0.3) is 0 Å². The minimum atomic E-state index is -2.88. The Labute approximate surface area is 184 Å². The van der Waals surface area contributed by atoms with Crippen molar-refractivity contribution >= 4 is 27.3 Å². The van der Waals surface area contributed by atoms with Gasteiger partial charge in [-0.25, -0.2) is 8.42 Å². The number of hydrogen-bond donors (Lipinski definition) is 0. The fourth-order valence-electron chi connectivity index (χ4n) is 5.01. The Morgan fingerprint density at radius 3 is 2.47 bits per heavy atom. The predicted molar refractivity (Wildman–Crippen MR) is 118 cm³/mol. The highest BCUT2D eigenvalue weighted by atomic mass is 35.5. The van der Waals surface area contributed by atoms with Crippen LogP contribution in [0.5, 0.6) is 5.75 Å². The molecule has 8 heteroatoms. The summed E-state index contributed by atoms with van der Waals surface area (Å²) >= 11 is 6.23. The first kappa shape index (κ1) is 21.9. The first-order valence-corrected chi connectivity index (χ1v) is 13.3.